The summed E-state index contributed by atoms with van der Waals surface area (Å²) in [5.74, 6) is -0.422. The first-order chi connectivity index (χ1) is 22.9. The maximum Gasteiger partial charge on any atom is 0.439 e. The zero-order chi connectivity index (χ0) is 31.8. The van der Waals surface area contributed by atoms with Crippen LogP contribution in [0.4, 0.5) is 14.6 Å². The molecule has 1 fully saturated rings. The van der Waals surface area contributed by atoms with E-state index >= 15 is 0 Å². The molecule has 47 heavy (non-hydrogen) atoms. The van der Waals surface area contributed by atoms with Crippen LogP contribution in [0, 0.1) is 11.6 Å². The van der Waals surface area contributed by atoms with Crippen molar-refractivity contribution in [2.75, 3.05) is 11.4 Å². The minimum atomic E-state index is -0.716. The number of carbonyl (C=O) groups is 1. The Morgan fingerprint density at radius 2 is 1.87 bits per heavy atom. The molecule has 3 aliphatic rings. The summed E-state index contributed by atoms with van der Waals surface area (Å²) >= 11 is 1.49. The Hall–Kier alpha value is -5.23. The molecule has 0 unspecified atom stereocenters. The maximum absolute atomic E-state index is 14.7. The lowest BCUT2D eigenvalue weighted by Crippen LogP contribution is -2.22. The van der Waals surface area contributed by atoms with E-state index in [0.717, 1.165) is 50.4 Å². The number of halogens is 2. The molecular formula is C35H26F2N6O3S. The minimum absolute atomic E-state index is 0.0940. The van der Waals surface area contributed by atoms with E-state index < -0.39 is 5.76 Å². The molecule has 9 rings (SSSR count). The van der Waals surface area contributed by atoms with E-state index in [9.17, 15) is 18.4 Å². The number of nitrogens with one attached hydrogen (secondary N) is 1. The summed E-state index contributed by atoms with van der Waals surface area (Å²) in [5, 5.41) is 5.01. The molecule has 0 radical (unpaired) electrons. The average molecular weight is 649 g/mol. The van der Waals surface area contributed by atoms with E-state index in [-0.39, 0.29) is 29.4 Å². The van der Waals surface area contributed by atoms with Crippen LogP contribution < -0.4 is 10.7 Å². The number of pyridine rings is 2. The third-order valence-electron chi connectivity index (χ3n) is 9.47. The first-order valence-electron chi connectivity index (χ1n) is 15.5. The van der Waals surface area contributed by atoms with Gasteiger partial charge in [-0.3, -0.25) is 19.3 Å². The topological polar surface area (TPSA) is 108 Å². The van der Waals surface area contributed by atoms with Gasteiger partial charge in [0.05, 0.1) is 33.3 Å². The minimum Gasteiger partial charge on any atom is -0.347 e. The molecule has 6 aromatic rings. The maximum atomic E-state index is 14.7. The molecule has 234 valence electrons. The third kappa shape index (κ3) is 4.49. The Balaban J connectivity index is 1.24. The number of thiophene rings is 1. The predicted molar refractivity (Wildman–Crippen MR) is 172 cm³/mol. The quantitative estimate of drug-likeness (QED) is 0.218. The summed E-state index contributed by atoms with van der Waals surface area (Å²) in [6.45, 7) is 1.58. The van der Waals surface area contributed by atoms with E-state index in [1.54, 1.807) is 24.4 Å². The second-order valence-electron chi connectivity index (χ2n) is 12.2. The number of H-pyrrole nitrogens is 1. The molecule has 12 heteroatoms. The molecule has 1 N–H and O–H groups in total. The largest absolute Gasteiger partial charge is 0.439 e. The molecule has 0 aliphatic carbocycles. The fourth-order valence-electron chi connectivity index (χ4n) is 7.31. The highest BCUT2D eigenvalue weighted by Gasteiger charge is 2.44. The number of nitrogens with zero attached hydrogens (tertiary/aromatic N) is 5. The van der Waals surface area contributed by atoms with Crippen molar-refractivity contribution in [2.24, 2.45) is 0 Å². The molecule has 2 aromatic carbocycles. The third-order valence-corrected chi connectivity index (χ3v) is 10.6. The highest BCUT2D eigenvalue weighted by atomic mass is 32.1. The van der Waals surface area contributed by atoms with Crippen LogP contribution in [0.5, 0.6) is 0 Å². The van der Waals surface area contributed by atoms with Gasteiger partial charge in [-0.1, -0.05) is 29.4 Å². The van der Waals surface area contributed by atoms with Crippen LogP contribution in [0.2, 0.25) is 0 Å². The van der Waals surface area contributed by atoms with Gasteiger partial charge >= 0.3 is 5.76 Å². The Labute approximate surface area is 270 Å². The van der Waals surface area contributed by atoms with Crippen LogP contribution in [0.15, 0.2) is 70.1 Å². The van der Waals surface area contributed by atoms with Crippen molar-refractivity contribution in [3.63, 3.8) is 0 Å². The second-order valence-corrected chi connectivity index (χ2v) is 13.2. The summed E-state index contributed by atoms with van der Waals surface area (Å²) in [6.07, 6.45) is 4.46. The van der Waals surface area contributed by atoms with Crippen molar-refractivity contribution in [3.8, 4) is 21.8 Å². The van der Waals surface area contributed by atoms with Crippen LogP contribution in [-0.4, -0.2) is 37.5 Å². The molecule has 3 aliphatic heterocycles. The number of fused-ring (bicyclic) bond motifs is 5. The number of rotatable bonds is 6. The standard InChI is InChI=1S/C35H26F2N6O3S/c36-21-9-6-18(7-10-21)8-11-24-27(32-40-35(45)46-41-32)28(29-30(39-24)25-5-2-14-43(25)34(29)44)26-15-19-12-13-38-33(31(19)47-26)42-16-20-3-1-4-23(37)22(20)17-42/h1,3-4,6-7,9-10,12-13,15,25H,2,5,8,11,14,16-17H2,(H,40,41,45)/t25-/m0/s1. The first kappa shape index (κ1) is 28.0. The zero-order valence-corrected chi connectivity index (χ0v) is 25.7. The van der Waals surface area contributed by atoms with Crippen molar-refractivity contribution in [1.29, 1.82) is 0 Å². The number of benzene rings is 2. The van der Waals surface area contributed by atoms with Gasteiger partial charge in [-0.25, -0.2) is 18.6 Å². The number of amides is 1. The van der Waals surface area contributed by atoms with Gasteiger partial charge in [-0.15, -0.1) is 11.3 Å². The molecule has 9 nitrogen and oxygen atoms in total. The summed E-state index contributed by atoms with van der Waals surface area (Å²) in [7, 11) is 0. The number of anilines is 1. The van der Waals surface area contributed by atoms with Crippen LogP contribution in [0.1, 0.15) is 57.3 Å². The van der Waals surface area contributed by atoms with Gasteiger partial charge in [0, 0.05) is 41.8 Å². The normalized spacial score (nSPS) is 16.7. The van der Waals surface area contributed by atoms with Crippen molar-refractivity contribution in [3.05, 3.63) is 117 Å². The number of aromatic amines is 1. The predicted octanol–water partition coefficient (Wildman–Crippen LogP) is 6.58. The highest BCUT2D eigenvalue weighted by Crippen LogP contribution is 2.50. The molecule has 1 amide bonds. The SMILES string of the molecule is O=C1c2c(nc(CCc3ccc(F)cc3)c(-c3noc(=O)[nH]3)c2-c2cc3ccnc(N4Cc5cccc(F)c5C4)c3s2)[C@@H]2CCCN12. The van der Waals surface area contributed by atoms with Gasteiger partial charge in [-0.2, -0.15) is 0 Å². The van der Waals surface area contributed by atoms with Crippen molar-refractivity contribution >= 4 is 33.1 Å². The smallest absolute Gasteiger partial charge is 0.347 e. The highest BCUT2D eigenvalue weighted by molar-refractivity contribution is 7.23. The van der Waals surface area contributed by atoms with Gasteiger partial charge in [0.1, 0.15) is 17.5 Å². The second kappa shape index (κ2) is 10.7. The van der Waals surface area contributed by atoms with E-state index in [1.807, 2.05) is 23.1 Å². The van der Waals surface area contributed by atoms with Crippen LogP contribution >= 0.6 is 11.3 Å². The monoisotopic (exact) mass is 648 g/mol. The number of aryl methyl sites for hydroxylation is 2. The van der Waals surface area contributed by atoms with E-state index in [0.29, 0.717) is 60.4 Å². The van der Waals surface area contributed by atoms with Crippen molar-refractivity contribution < 1.29 is 18.1 Å². The zero-order valence-electron chi connectivity index (χ0n) is 24.9. The average Bonchev–Trinajstić information content (AvgIpc) is 3.90. The Morgan fingerprint density at radius 1 is 1.00 bits per heavy atom. The fraction of sp³-hybridized carbons (Fsp3) is 0.229. The summed E-state index contributed by atoms with van der Waals surface area (Å²) in [5.41, 5.74) is 5.61. The number of aromatic nitrogens is 4. The molecule has 4 aromatic heterocycles. The Morgan fingerprint density at radius 3 is 2.68 bits per heavy atom. The number of hydrogen-bond donors (Lipinski definition) is 1. The lowest BCUT2D eigenvalue weighted by atomic mass is 9.92. The van der Waals surface area contributed by atoms with Gasteiger partial charge in [-0.05, 0) is 72.5 Å². The molecule has 0 saturated carbocycles. The molecular weight excluding hydrogens is 622 g/mol. The van der Waals surface area contributed by atoms with Gasteiger partial charge < -0.3 is 9.80 Å². The molecule has 0 bridgehead atoms. The van der Waals surface area contributed by atoms with Crippen molar-refractivity contribution in [1.82, 2.24) is 25.0 Å². The first-order valence-corrected chi connectivity index (χ1v) is 16.3. The van der Waals surface area contributed by atoms with E-state index in [4.69, 9.17) is 14.5 Å². The fourth-order valence-corrected chi connectivity index (χ4v) is 8.54. The summed E-state index contributed by atoms with van der Waals surface area (Å²) < 4.78 is 34.2. The van der Waals surface area contributed by atoms with Gasteiger partial charge in [0.15, 0.2) is 5.82 Å². The molecule has 0 spiro atoms. The molecule has 1 atom stereocenters. The van der Waals surface area contributed by atoms with Crippen LogP contribution in [0.25, 0.3) is 31.9 Å². The van der Waals surface area contributed by atoms with Crippen molar-refractivity contribution in [2.45, 2.75) is 44.8 Å². The van der Waals surface area contributed by atoms with Gasteiger partial charge in [0.25, 0.3) is 5.91 Å². The van der Waals surface area contributed by atoms with E-state index in [1.165, 1.54) is 29.5 Å². The van der Waals surface area contributed by atoms with Crippen LogP contribution in [0.3, 0.4) is 0 Å². The number of carbonyl (C=O) groups excluding carboxylic acids is 1. The molecule has 1 saturated heterocycles. The lowest BCUT2D eigenvalue weighted by Gasteiger charge is -2.17. The Kier molecular flexibility index (Phi) is 6.36. The lowest BCUT2D eigenvalue weighted by molar-refractivity contribution is 0.0776. The molecule has 7 heterocycles. The summed E-state index contributed by atoms with van der Waals surface area (Å²) in [4.78, 5) is 43.7. The Bertz CT molecular complexity index is 2300. The van der Waals surface area contributed by atoms with Crippen LogP contribution in [-0.2, 0) is 25.9 Å². The number of hydrogen-bond acceptors (Lipinski definition) is 8. The summed E-state index contributed by atoms with van der Waals surface area (Å²) in [6, 6.07) is 15.3. The van der Waals surface area contributed by atoms with Gasteiger partial charge in [0.2, 0.25) is 0 Å². The van der Waals surface area contributed by atoms with E-state index in [2.05, 4.69) is 15.0 Å².